The number of amides is 1. The van der Waals surface area contributed by atoms with Gasteiger partial charge in [0.1, 0.15) is 15.8 Å². The summed E-state index contributed by atoms with van der Waals surface area (Å²) in [4.78, 5) is 13.8. The number of thioether (sulfide) groups is 1. The highest BCUT2D eigenvalue weighted by Gasteiger charge is 2.32. The van der Waals surface area contributed by atoms with Crippen molar-refractivity contribution in [2.75, 3.05) is 12.3 Å². The lowest BCUT2D eigenvalue weighted by Crippen LogP contribution is -2.32. The van der Waals surface area contributed by atoms with E-state index in [9.17, 15) is 13.2 Å². The average Bonchev–Trinajstić information content (AvgIpc) is 3.11. The zero-order valence-corrected chi connectivity index (χ0v) is 17.3. The summed E-state index contributed by atoms with van der Waals surface area (Å²) >= 11 is 18.4. The van der Waals surface area contributed by atoms with Gasteiger partial charge in [-0.25, -0.2) is 0 Å². The fraction of sp³-hybridized carbons (Fsp3) is 0.125. The molecule has 0 aliphatic carbocycles. The summed E-state index contributed by atoms with van der Waals surface area (Å²) in [6.45, 7) is -0.223. The minimum atomic E-state index is -4.20. The molecule has 0 unspecified atom stereocenters. The SMILES string of the molecule is O=C1/C(=C/c2ccc(-c3c(Cl)cccc3Cl)o2)SC(=S)N1CCS(=O)(=O)O. The Balaban J connectivity index is 1.83. The number of thiocarbonyl (C=S) groups is 1. The van der Waals surface area contributed by atoms with E-state index < -0.39 is 21.8 Å². The molecule has 1 aromatic heterocycles. The molecule has 1 aliphatic heterocycles. The molecular formula is C16H11Cl2NO5S3. The Morgan fingerprint density at radius 3 is 2.52 bits per heavy atom. The van der Waals surface area contributed by atoms with Crippen LogP contribution in [0.2, 0.25) is 10.0 Å². The number of furan rings is 1. The van der Waals surface area contributed by atoms with E-state index in [1.165, 1.54) is 6.08 Å². The van der Waals surface area contributed by atoms with Gasteiger partial charge >= 0.3 is 0 Å². The van der Waals surface area contributed by atoms with Crippen LogP contribution in [0.1, 0.15) is 5.76 Å². The van der Waals surface area contributed by atoms with E-state index in [0.717, 1.165) is 16.7 Å². The number of nitrogens with zero attached hydrogens (tertiary/aromatic N) is 1. The Morgan fingerprint density at radius 2 is 1.89 bits per heavy atom. The quantitative estimate of drug-likeness (QED) is 0.400. The summed E-state index contributed by atoms with van der Waals surface area (Å²) < 4.78 is 36.5. The first-order valence-corrected chi connectivity index (χ1v) is 11.0. The van der Waals surface area contributed by atoms with Gasteiger partial charge in [-0.3, -0.25) is 14.2 Å². The van der Waals surface area contributed by atoms with Crippen molar-refractivity contribution in [1.29, 1.82) is 0 Å². The van der Waals surface area contributed by atoms with Gasteiger partial charge in [0.2, 0.25) is 0 Å². The molecule has 1 N–H and O–H groups in total. The van der Waals surface area contributed by atoms with E-state index >= 15 is 0 Å². The molecule has 1 aromatic carbocycles. The van der Waals surface area contributed by atoms with Crippen LogP contribution < -0.4 is 0 Å². The standard InChI is InChI=1S/C16H11Cl2NO5S3/c17-10-2-1-3-11(18)14(10)12-5-4-9(24-12)8-13-15(20)19(16(25)26-13)6-7-27(21,22)23/h1-5,8H,6-7H2,(H,21,22,23)/b13-8-. The van der Waals surface area contributed by atoms with Gasteiger partial charge in [0.05, 0.1) is 26.3 Å². The van der Waals surface area contributed by atoms with Gasteiger partial charge in [0, 0.05) is 12.6 Å². The van der Waals surface area contributed by atoms with E-state index in [2.05, 4.69) is 0 Å². The number of carbonyl (C=O) groups is 1. The van der Waals surface area contributed by atoms with Gasteiger partial charge in [-0.15, -0.1) is 0 Å². The van der Waals surface area contributed by atoms with Crippen molar-refractivity contribution >= 4 is 73.6 Å². The van der Waals surface area contributed by atoms with Crippen LogP contribution in [0.3, 0.4) is 0 Å². The second kappa shape index (κ2) is 7.94. The first-order valence-electron chi connectivity index (χ1n) is 7.40. The Kier molecular flexibility index (Phi) is 5.99. The second-order valence-electron chi connectivity index (χ2n) is 5.42. The zero-order chi connectivity index (χ0) is 19.8. The van der Waals surface area contributed by atoms with Gasteiger partial charge in [0.25, 0.3) is 16.0 Å². The third-order valence-corrected chi connectivity index (χ3v) is 6.26. The molecule has 142 valence electrons. The van der Waals surface area contributed by atoms with Crippen molar-refractivity contribution in [3.63, 3.8) is 0 Å². The van der Waals surface area contributed by atoms with Crippen molar-refractivity contribution in [2.45, 2.75) is 0 Å². The summed E-state index contributed by atoms with van der Waals surface area (Å²) in [6.07, 6.45) is 1.50. The molecule has 1 amide bonds. The van der Waals surface area contributed by atoms with E-state index in [0.29, 0.717) is 27.1 Å². The van der Waals surface area contributed by atoms with Crippen molar-refractivity contribution in [2.24, 2.45) is 0 Å². The molecule has 1 aliphatic rings. The topological polar surface area (TPSA) is 87.8 Å². The van der Waals surface area contributed by atoms with Crippen LogP contribution in [-0.4, -0.2) is 40.4 Å². The smallest absolute Gasteiger partial charge is 0.266 e. The zero-order valence-electron chi connectivity index (χ0n) is 13.4. The predicted molar refractivity (Wildman–Crippen MR) is 110 cm³/mol. The number of hydrogen-bond acceptors (Lipinski definition) is 6. The highest BCUT2D eigenvalue weighted by atomic mass is 35.5. The van der Waals surface area contributed by atoms with E-state index in [1.807, 2.05) is 0 Å². The van der Waals surface area contributed by atoms with E-state index in [1.54, 1.807) is 30.3 Å². The molecule has 0 saturated carbocycles. The van der Waals surface area contributed by atoms with Crippen LogP contribution in [0.4, 0.5) is 0 Å². The molecule has 1 saturated heterocycles. The summed E-state index contributed by atoms with van der Waals surface area (Å²) in [5.74, 6) is -0.222. The minimum Gasteiger partial charge on any atom is -0.457 e. The summed E-state index contributed by atoms with van der Waals surface area (Å²) in [5, 5.41) is 0.861. The molecule has 0 bridgehead atoms. The van der Waals surface area contributed by atoms with Crippen molar-refractivity contribution in [3.8, 4) is 11.3 Å². The van der Waals surface area contributed by atoms with Crippen molar-refractivity contribution in [1.82, 2.24) is 4.90 Å². The Hall–Kier alpha value is -1.36. The monoisotopic (exact) mass is 463 g/mol. The average molecular weight is 464 g/mol. The number of halogens is 2. The van der Waals surface area contributed by atoms with Gasteiger partial charge in [0.15, 0.2) is 0 Å². The van der Waals surface area contributed by atoms with Gasteiger partial charge in [-0.1, -0.05) is 53.2 Å². The molecule has 1 fully saturated rings. The Morgan fingerprint density at radius 1 is 1.22 bits per heavy atom. The molecule has 0 radical (unpaired) electrons. The van der Waals surface area contributed by atoms with Crippen molar-refractivity contribution in [3.05, 3.63) is 51.0 Å². The number of carbonyl (C=O) groups excluding carboxylic acids is 1. The van der Waals surface area contributed by atoms with Crippen LogP contribution in [0.25, 0.3) is 17.4 Å². The van der Waals surface area contributed by atoms with Crippen LogP contribution >= 0.6 is 47.2 Å². The number of rotatable bonds is 5. The summed E-state index contributed by atoms with van der Waals surface area (Å²) in [6, 6.07) is 8.42. The number of benzene rings is 1. The highest BCUT2D eigenvalue weighted by Crippen LogP contribution is 2.37. The third kappa shape index (κ3) is 4.74. The van der Waals surface area contributed by atoms with Gasteiger partial charge < -0.3 is 4.42 Å². The molecule has 2 aromatic rings. The van der Waals surface area contributed by atoms with E-state index in [4.69, 9.17) is 44.4 Å². The molecule has 3 rings (SSSR count). The summed E-state index contributed by atoms with van der Waals surface area (Å²) in [7, 11) is -4.20. The molecule has 11 heteroatoms. The van der Waals surface area contributed by atoms with Gasteiger partial charge in [-0.2, -0.15) is 8.42 Å². The fourth-order valence-electron chi connectivity index (χ4n) is 2.33. The van der Waals surface area contributed by atoms with Crippen LogP contribution in [-0.2, 0) is 14.9 Å². The number of hydrogen-bond donors (Lipinski definition) is 1. The first kappa shape index (κ1) is 20.4. The second-order valence-corrected chi connectivity index (χ2v) is 9.48. The largest absolute Gasteiger partial charge is 0.457 e. The van der Waals surface area contributed by atoms with Crippen LogP contribution in [0, 0.1) is 0 Å². The van der Waals surface area contributed by atoms with Crippen LogP contribution in [0.5, 0.6) is 0 Å². The maximum atomic E-state index is 12.4. The predicted octanol–water partition coefficient (Wildman–Crippen LogP) is 4.34. The maximum Gasteiger partial charge on any atom is 0.266 e. The lowest BCUT2D eigenvalue weighted by Gasteiger charge is -2.12. The highest BCUT2D eigenvalue weighted by molar-refractivity contribution is 8.26. The lowest BCUT2D eigenvalue weighted by atomic mass is 10.2. The maximum absolute atomic E-state index is 12.4. The summed E-state index contributed by atoms with van der Waals surface area (Å²) in [5.41, 5.74) is 0.543. The van der Waals surface area contributed by atoms with Gasteiger partial charge in [-0.05, 0) is 24.3 Å². The molecule has 0 atom stereocenters. The molecule has 0 spiro atoms. The Bertz CT molecular complexity index is 1040. The molecular weight excluding hydrogens is 453 g/mol. The molecule has 27 heavy (non-hydrogen) atoms. The minimum absolute atomic E-state index is 0.204. The fourth-order valence-corrected chi connectivity index (χ4v) is 4.61. The molecule has 2 heterocycles. The third-order valence-electron chi connectivity index (χ3n) is 3.56. The van der Waals surface area contributed by atoms with Crippen LogP contribution in [0.15, 0.2) is 39.7 Å². The Labute approximate surface area is 174 Å². The van der Waals surface area contributed by atoms with E-state index in [-0.39, 0.29) is 15.8 Å². The normalized spacial score (nSPS) is 16.6. The molecule has 6 nitrogen and oxygen atoms in total. The first-order chi connectivity index (χ1) is 12.7. The van der Waals surface area contributed by atoms with Crippen molar-refractivity contribution < 1.29 is 22.2 Å². The lowest BCUT2D eigenvalue weighted by molar-refractivity contribution is -0.121.